The molecule has 0 heterocycles. The van der Waals surface area contributed by atoms with Crippen LogP contribution in [0.15, 0.2) is 59.5 Å². The summed E-state index contributed by atoms with van der Waals surface area (Å²) in [6.07, 6.45) is 2.01. The summed E-state index contributed by atoms with van der Waals surface area (Å²) in [5.41, 5.74) is 1.59. The zero-order valence-corrected chi connectivity index (χ0v) is 14.1. The second kappa shape index (κ2) is 7.42. The third-order valence-electron chi connectivity index (χ3n) is 3.56. The predicted octanol–water partition coefficient (Wildman–Crippen LogP) is 2.70. The van der Waals surface area contributed by atoms with E-state index in [0.29, 0.717) is 18.0 Å². The highest BCUT2D eigenvalue weighted by Gasteiger charge is 2.12. The molecule has 4 nitrogen and oxygen atoms in total. The van der Waals surface area contributed by atoms with E-state index >= 15 is 0 Å². The molecule has 0 fully saturated rings. The summed E-state index contributed by atoms with van der Waals surface area (Å²) >= 11 is 0. The molecule has 23 heavy (non-hydrogen) atoms. The molecular formula is C18H21NO3S. The van der Waals surface area contributed by atoms with E-state index in [1.54, 1.807) is 12.1 Å². The quantitative estimate of drug-likeness (QED) is 0.885. The lowest BCUT2D eigenvalue weighted by Gasteiger charge is -2.13. The molecule has 2 aromatic rings. The summed E-state index contributed by atoms with van der Waals surface area (Å²) in [7, 11) is -3.31. The van der Waals surface area contributed by atoms with Crippen LogP contribution in [-0.4, -0.2) is 27.1 Å². The maximum absolute atomic E-state index is 12.2. The molecule has 1 unspecified atom stereocenters. The fourth-order valence-corrected chi connectivity index (χ4v) is 2.99. The summed E-state index contributed by atoms with van der Waals surface area (Å²) in [5, 5.41) is 2.86. The Labute approximate surface area is 137 Å². The minimum atomic E-state index is -3.31. The van der Waals surface area contributed by atoms with E-state index < -0.39 is 9.84 Å². The number of rotatable bonds is 6. The molecule has 0 bridgehead atoms. The van der Waals surface area contributed by atoms with Gasteiger partial charge in [-0.2, -0.15) is 0 Å². The Morgan fingerprint density at radius 3 is 2.43 bits per heavy atom. The minimum Gasteiger partial charge on any atom is -0.352 e. The van der Waals surface area contributed by atoms with Gasteiger partial charge in [0, 0.05) is 18.4 Å². The number of sulfone groups is 1. The molecule has 1 N–H and O–H groups in total. The van der Waals surface area contributed by atoms with Gasteiger partial charge >= 0.3 is 0 Å². The Balaban J connectivity index is 1.94. The van der Waals surface area contributed by atoms with Gasteiger partial charge in [0.05, 0.1) is 4.90 Å². The Morgan fingerprint density at radius 1 is 1.09 bits per heavy atom. The Bertz CT molecular complexity index is 770. The van der Waals surface area contributed by atoms with E-state index in [4.69, 9.17) is 0 Å². The number of nitrogens with one attached hydrogen (secondary N) is 1. The van der Waals surface area contributed by atoms with Gasteiger partial charge in [0.2, 0.25) is 0 Å². The summed E-state index contributed by atoms with van der Waals surface area (Å²) in [4.78, 5) is 12.3. The normalized spacial score (nSPS) is 12.6. The van der Waals surface area contributed by atoms with Crippen LogP contribution >= 0.6 is 0 Å². The molecular weight excluding hydrogens is 310 g/mol. The van der Waals surface area contributed by atoms with Crippen LogP contribution in [0, 0.1) is 5.92 Å². The number of hydrogen-bond acceptors (Lipinski definition) is 3. The minimum absolute atomic E-state index is 0.155. The number of carbonyl (C=O) groups is 1. The van der Waals surface area contributed by atoms with Gasteiger partial charge in [-0.05, 0) is 36.1 Å². The molecule has 0 radical (unpaired) electrons. The van der Waals surface area contributed by atoms with E-state index in [1.165, 1.54) is 17.7 Å². The third kappa shape index (κ3) is 5.21. The van der Waals surface area contributed by atoms with E-state index in [1.807, 2.05) is 18.2 Å². The second-order valence-corrected chi connectivity index (χ2v) is 7.82. The number of amides is 1. The maximum Gasteiger partial charge on any atom is 0.251 e. The molecule has 122 valence electrons. The van der Waals surface area contributed by atoms with Crippen LogP contribution in [0.1, 0.15) is 22.8 Å². The van der Waals surface area contributed by atoms with Gasteiger partial charge in [0.1, 0.15) is 0 Å². The van der Waals surface area contributed by atoms with Gasteiger partial charge < -0.3 is 5.32 Å². The zero-order chi connectivity index (χ0) is 16.9. The van der Waals surface area contributed by atoms with E-state index in [0.717, 1.165) is 12.7 Å². The Kier molecular flexibility index (Phi) is 5.55. The van der Waals surface area contributed by atoms with Crippen molar-refractivity contribution in [1.29, 1.82) is 0 Å². The molecule has 0 aliphatic carbocycles. The highest BCUT2D eigenvalue weighted by atomic mass is 32.2. The largest absolute Gasteiger partial charge is 0.352 e. The molecule has 0 saturated carbocycles. The average molecular weight is 331 g/mol. The fraction of sp³-hybridized carbons (Fsp3) is 0.278. The van der Waals surface area contributed by atoms with Crippen molar-refractivity contribution in [3.05, 3.63) is 65.7 Å². The van der Waals surface area contributed by atoms with E-state index in [9.17, 15) is 13.2 Å². The van der Waals surface area contributed by atoms with Crippen LogP contribution in [-0.2, 0) is 16.3 Å². The zero-order valence-electron chi connectivity index (χ0n) is 13.3. The molecule has 1 atom stereocenters. The van der Waals surface area contributed by atoms with Gasteiger partial charge in [0.25, 0.3) is 5.91 Å². The molecule has 1 amide bonds. The first-order valence-electron chi connectivity index (χ1n) is 7.48. The van der Waals surface area contributed by atoms with Crippen molar-refractivity contribution in [1.82, 2.24) is 5.32 Å². The predicted molar refractivity (Wildman–Crippen MR) is 91.2 cm³/mol. The van der Waals surface area contributed by atoms with Crippen molar-refractivity contribution < 1.29 is 13.2 Å². The Hall–Kier alpha value is -2.14. The molecule has 2 aromatic carbocycles. The van der Waals surface area contributed by atoms with Crippen LogP contribution in [0.3, 0.4) is 0 Å². The first kappa shape index (κ1) is 17.2. The molecule has 0 aromatic heterocycles. The van der Waals surface area contributed by atoms with Crippen molar-refractivity contribution in [3.8, 4) is 0 Å². The molecule has 0 saturated heterocycles. The van der Waals surface area contributed by atoms with Crippen molar-refractivity contribution in [3.63, 3.8) is 0 Å². The first-order valence-corrected chi connectivity index (χ1v) is 9.37. The van der Waals surface area contributed by atoms with Crippen molar-refractivity contribution in [2.75, 3.05) is 12.8 Å². The van der Waals surface area contributed by atoms with E-state index in [-0.39, 0.29) is 10.8 Å². The SMILES string of the molecule is CC(CNC(=O)c1cccc(S(C)(=O)=O)c1)Cc1ccccc1. The van der Waals surface area contributed by atoms with Crippen LogP contribution in [0.2, 0.25) is 0 Å². The number of carbonyl (C=O) groups excluding carboxylic acids is 1. The van der Waals surface area contributed by atoms with Gasteiger partial charge in [-0.3, -0.25) is 4.79 Å². The van der Waals surface area contributed by atoms with E-state index in [2.05, 4.69) is 24.4 Å². The molecule has 0 aliphatic rings. The lowest BCUT2D eigenvalue weighted by molar-refractivity contribution is 0.0948. The summed E-state index contributed by atoms with van der Waals surface area (Å²) < 4.78 is 23.1. The van der Waals surface area contributed by atoms with Gasteiger partial charge in [-0.1, -0.05) is 43.3 Å². The molecule has 2 rings (SSSR count). The van der Waals surface area contributed by atoms with Crippen LogP contribution in [0.4, 0.5) is 0 Å². The monoisotopic (exact) mass is 331 g/mol. The second-order valence-electron chi connectivity index (χ2n) is 5.80. The number of hydrogen-bond donors (Lipinski definition) is 1. The van der Waals surface area contributed by atoms with Crippen molar-refractivity contribution in [2.24, 2.45) is 5.92 Å². The van der Waals surface area contributed by atoms with Crippen molar-refractivity contribution >= 4 is 15.7 Å². The lowest BCUT2D eigenvalue weighted by Crippen LogP contribution is -2.29. The van der Waals surface area contributed by atoms with Crippen LogP contribution in [0.5, 0.6) is 0 Å². The smallest absolute Gasteiger partial charge is 0.251 e. The molecule has 0 aliphatic heterocycles. The third-order valence-corrected chi connectivity index (χ3v) is 4.67. The summed E-state index contributed by atoms with van der Waals surface area (Å²) in [6, 6.07) is 16.2. The van der Waals surface area contributed by atoms with Crippen molar-refractivity contribution in [2.45, 2.75) is 18.2 Å². The van der Waals surface area contributed by atoms with Gasteiger partial charge in [0.15, 0.2) is 9.84 Å². The van der Waals surface area contributed by atoms with Gasteiger partial charge in [-0.15, -0.1) is 0 Å². The van der Waals surface area contributed by atoms with Gasteiger partial charge in [-0.25, -0.2) is 8.42 Å². The topological polar surface area (TPSA) is 63.2 Å². The molecule has 0 spiro atoms. The fourth-order valence-electron chi connectivity index (χ4n) is 2.33. The van der Waals surface area contributed by atoms with Crippen LogP contribution < -0.4 is 5.32 Å². The first-order chi connectivity index (χ1) is 10.9. The summed E-state index contributed by atoms with van der Waals surface area (Å²) in [6.45, 7) is 2.61. The maximum atomic E-state index is 12.2. The molecule has 5 heteroatoms. The lowest BCUT2D eigenvalue weighted by atomic mass is 10.0. The highest BCUT2D eigenvalue weighted by molar-refractivity contribution is 7.90. The Morgan fingerprint density at radius 2 is 1.78 bits per heavy atom. The summed E-state index contributed by atoms with van der Waals surface area (Å²) in [5.74, 6) is 0.0369. The average Bonchev–Trinajstić information content (AvgIpc) is 2.53. The van der Waals surface area contributed by atoms with Crippen LogP contribution in [0.25, 0.3) is 0 Å². The highest BCUT2D eigenvalue weighted by Crippen LogP contribution is 2.12. The number of benzene rings is 2. The standard InChI is InChI=1S/C18H21NO3S/c1-14(11-15-7-4-3-5-8-15)13-19-18(20)16-9-6-10-17(12-16)23(2,21)22/h3-10,12,14H,11,13H2,1-2H3,(H,19,20).